The van der Waals surface area contributed by atoms with Crippen molar-refractivity contribution >= 4 is 11.3 Å². The van der Waals surface area contributed by atoms with Crippen molar-refractivity contribution in [3.8, 4) is 17.3 Å². The molecule has 0 aliphatic heterocycles. The summed E-state index contributed by atoms with van der Waals surface area (Å²) in [5, 5.41) is 11.0. The van der Waals surface area contributed by atoms with Crippen LogP contribution in [0.15, 0.2) is 29.6 Å². The van der Waals surface area contributed by atoms with E-state index in [0.717, 1.165) is 5.56 Å². The summed E-state index contributed by atoms with van der Waals surface area (Å²) in [4.78, 5) is 4.19. The minimum absolute atomic E-state index is 0.178. The van der Waals surface area contributed by atoms with Gasteiger partial charge in [0.25, 0.3) is 0 Å². The predicted molar refractivity (Wildman–Crippen MR) is 68.0 cm³/mol. The fourth-order valence-electron chi connectivity index (χ4n) is 1.51. The third-order valence-electron chi connectivity index (χ3n) is 2.33. The van der Waals surface area contributed by atoms with E-state index in [-0.39, 0.29) is 6.61 Å². The zero-order chi connectivity index (χ0) is 14.6. The first-order valence-corrected chi connectivity index (χ1v) is 6.45. The Kier molecular flexibility index (Phi) is 4.37. The second-order valence-corrected chi connectivity index (χ2v) is 4.87. The number of rotatable bonds is 4. The Morgan fingerprint density at radius 3 is 2.85 bits per heavy atom. The predicted octanol–water partition coefficient (Wildman–Crippen LogP) is 3.76. The maximum atomic E-state index is 11.9. The van der Waals surface area contributed by atoms with Crippen LogP contribution in [0.1, 0.15) is 10.6 Å². The van der Waals surface area contributed by atoms with Gasteiger partial charge in [0.05, 0.1) is 23.9 Å². The summed E-state index contributed by atoms with van der Waals surface area (Å²) in [6.45, 7) is -1.46. The average Bonchev–Trinajstić information content (AvgIpc) is 2.86. The normalized spacial score (nSPS) is 11.3. The minimum Gasteiger partial charge on any atom is -0.365 e. The molecule has 0 fully saturated rings. The van der Waals surface area contributed by atoms with Crippen LogP contribution in [0.4, 0.5) is 13.2 Å². The number of hydrogen-bond donors (Lipinski definition) is 0. The molecule has 2 rings (SSSR count). The zero-order valence-electron chi connectivity index (χ0n) is 10.1. The van der Waals surface area contributed by atoms with Gasteiger partial charge in [-0.3, -0.25) is 0 Å². The molecule has 0 bridgehead atoms. The van der Waals surface area contributed by atoms with Crippen molar-refractivity contribution in [2.45, 2.75) is 12.8 Å². The van der Waals surface area contributed by atoms with Gasteiger partial charge in [-0.2, -0.15) is 18.4 Å². The summed E-state index contributed by atoms with van der Waals surface area (Å²) in [6, 6.07) is 8.88. The number of halogens is 3. The quantitative estimate of drug-likeness (QED) is 0.863. The Morgan fingerprint density at radius 1 is 1.35 bits per heavy atom. The fraction of sp³-hybridized carbons (Fsp3) is 0.231. The molecule has 7 heteroatoms. The van der Waals surface area contributed by atoms with Crippen LogP contribution in [-0.4, -0.2) is 17.8 Å². The molecule has 0 atom stereocenters. The maximum Gasteiger partial charge on any atom is 0.411 e. The van der Waals surface area contributed by atoms with E-state index < -0.39 is 12.8 Å². The lowest BCUT2D eigenvalue weighted by Crippen LogP contribution is -2.16. The van der Waals surface area contributed by atoms with Crippen LogP contribution in [0.2, 0.25) is 0 Å². The Hall–Kier alpha value is -1.91. The number of benzene rings is 1. The van der Waals surface area contributed by atoms with E-state index in [1.807, 2.05) is 6.07 Å². The summed E-state index contributed by atoms with van der Waals surface area (Å²) in [5.41, 5.74) is 1.88. The smallest absolute Gasteiger partial charge is 0.365 e. The lowest BCUT2D eigenvalue weighted by atomic mass is 10.1. The van der Waals surface area contributed by atoms with Gasteiger partial charge in [0, 0.05) is 10.9 Å². The van der Waals surface area contributed by atoms with Crippen molar-refractivity contribution in [3.63, 3.8) is 0 Å². The van der Waals surface area contributed by atoms with Crippen LogP contribution in [0.3, 0.4) is 0 Å². The number of nitriles is 1. The molecule has 104 valence electrons. The lowest BCUT2D eigenvalue weighted by molar-refractivity contribution is -0.176. The van der Waals surface area contributed by atoms with Crippen LogP contribution in [0.5, 0.6) is 0 Å². The Labute approximate surface area is 117 Å². The molecule has 0 N–H and O–H groups in total. The van der Waals surface area contributed by atoms with E-state index in [9.17, 15) is 13.2 Å². The number of alkyl halides is 3. The Bertz CT molecular complexity index is 631. The number of thiazole rings is 1. The second-order valence-electron chi connectivity index (χ2n) is 3.93. The molecule has 20 heavy (non-hydrogen) atoms. The molecule has 1 aromatic heterocycles. The van der Waals surface area contributed by atoms with Crippen molar-refractivity contribution in [1.82, 2.24) is 4.98 Å². The van der Waals surface area contributed by atoms with Crippen LogP contribution < -0.4 is 0 Å². The SMILES string of the molecule is N#Cc1cccc(-c2csc(COCC(F)(F)F)n2)c1. The van der Waals surface area contributed by atoms with E-state index in [0.29, 0.717) is 16.3 Å². The summed E-state index contributed by atoms with van der Waals surface area (Å²) in [5.74, 6) is 0. The van der Waals surface area contributed by atoms with Crippen molar-refractivity contribution in [1.29, 1.82) is 5.26 Å². The zero-order valence-corrected chi connectivity index (χ0v) is 11.0. The topological polar surface area (TPSA) is 45.9 Å². The first-order chi connectivity index (χ1) is 9.48. The first-order valence-electron chi connectivity index (χ1n) is 5.57. The molecular weight excluding hydrogens is 289 g/mol. The van der Waals surface area contributed by atoms with Gasteiger partial charge in [-0.1, -0.05) is 12.1 Å². The van der Waals surface area contributed by atoms with Gasteiger partial charge in [-0.05, 0) is 12.1 Å². The van der Waals surface area contributed by atoms with E-state index in [1.54, 1.807) is 29.6 Å². The van der Waals surface area contributed by atoms with Gasteiger partial charge in [-0.25, -0.2) is 4.98 Å². The van der Waals surface area contributed by atoms with Crippen LogP contribution in [0, 0.1) is 11.3 Å². The van der Waals surface area contributed by atoms with E-state index >= 15 is 0 Å². The lowest BCUT2D eigenvalue weighted by Gasteiger charge is -2.05. The monoisotopic (exact) mass is 298 g/mol. The molecular formula is C13H9F3N2OS. The fourth-order valence-corrected chi connectivity index (χ4v) is 2.25. The van der Waals surface area contributed by atoms with Gasteiger partial charge >= 0.3 is 6.18 Å². The molecule has 0 saturated heterocycles. The van der Waals surface area contributed by atoms with Crippen molar-refractivity contribution < 1.29 is 17.9 Å². The molecule has 0 unspecified atom stereocenters. The average molecular weight is 298 g/mol. The maximum absolute atomic E-state index is 11.9. The molecule has 0 aliphatic rings. The van der Waals surface area contributed by atoms with Crippen molar-refractivity contribution in [3.05, 3.63) is 40.2 Å². The van der Waals surface area contributed by atoms with E-state index in [2.05, 4.69) is 9.72 Å². The third-order valence-corrected chi connectivity index (χ3v) is 3.15. The largest absolute Gasteiger partial charge is 0.411 e. The van der Waals surface area contributed by atoms with Crippen molar-refractivity contribution in [2.75, 3.05) is 6.61 Å². The summed E-state index contributed by atoms with van der Waals surface area (Å²) >= 11 is 1.22. The number of nitrogens with zero attached hydrogens (tertiary/aromatic N) is 2. The Balaban J connectivity index is 2.03. The van der Waals surface area contributed by atoms with Crippen LogP contribution in [0.25, 0.3) is 11.3 Å². The van der Waals surface area contributed by atoms with Gasteiger partial charge < -0.3 is 4.74 Å². The molecule has 0 spiro atoms. The number of hydrogen-bond acceptors (Lipinski definition) is 4. The molecule has 0 radical (unpaired) electrons. The van der Waals surface area contributed by atoms with Crippen molar-refractivity contribution in [2.24, 2.45) is 0 Å². The highest BCUT2D eigenvalue weighted by Crippen LogP contribution is 2.23. The Morgan fingerprint density at radius 2 is 2.15 bits per heavy atom. The van der Waals surface area contributed by atoms with Gasteiger partial charge in [0.15, 0.2) is 0 Å². The van der Waals surface area contributed by atoms with Gasteiger partial charge in [-0.15, -0.1) is 11.3 Å². The standard InChI is InChI=1S/C13H9F3N2OS/c14-13(15,16)8-19-6-12-18-11(7-20-12)10-3-1-2-9(4-10)5-17/h1-4,7H,6,8H2. The van der Waals surface area contributed by atoms with Crippen LogP contribution in [-0.2, 0) is 11.3 Å². The molecule has 0 amide bonds. The third kappa shape index (κ3) is 4.05. The highest BCUT2D eigenvalue weighted by molar-refractivity contribution is 7.09. The summed E-state index contributed by atoms with van der Waals surface area (Å²) in [6.07, 6.45) is -4.33. The molecule has 0 aliphatic carbocycles. The van der Waals surface area contributed by atoms with Gasteiger partial charge in [0.2, 0.25) is 0 Å². The molecule has 0 saturated carbocycles. The summed E-state index contributed by atoms with van der Waals surface area (Å²) in [7, 11) is 0. The second kappa shape index (κ2) is 6.03. The first kappa shape index (κ1) is 14.5. The minimum atomic E-state index is -4.33. The van der Waals surface area contributed by atoms with Crippen LogP contribution >= 0.6 is 11.3 Å². The molecule has 1 heterocycles. The highest BCUT2D eigenvalue weighted by Gasteiger charge is 2.27. The number of ether oxygens (including phenoxy) is 1. The highest BCUT2D eigenvalue weighted by atomic mass is 32.1. The van der Waals surface area contributed by atoms with E-state index in [4.69, 9.17) is 5.26 Å². The summed E-state index contributed by atoms with van der Waals surface area (Å²) < 4.78 is 40.4. The molecule has 3 nitrogen and oxygen atoms in total. The number of aromatic nitrogens is 1. The molecule has 1 aromatic carbocycles. The molecule has 2 aromatic rings. The van der Waals surface area contributed by atoms with Gasteiger partial charge in [0.1, 0.15) is 11.6 Å². The van der Waals surface area contributed by atoms with E-state index in [1.165, 1.54) is 11.3 Å².